The molecule has 3 aliphatic carbocycles. The first kappa shape index (κ1) is 35.8. The minimum atomic E-state index is 0.554. The highest BCUT2D eigenvalue weighted by Gasteiger charge is 2.31. The summed E-state index contributed by atoms with van der Waals surface area (Å²) in [6.45, 7) is 8.42. The maximum Gasteiger partial charge on any atom is 0.0446 e. The molecule has 3 aliphatic heterocycles. The Morgan fingerprint density at radius 1 is 0.571 bits per heavy atom. The van der Waals surface area contributed by atoms with E-state index in [0.29, 0.717) is 37.4 Å². The molecule has 7 heteroatoms. The number of fused-ring (bicyclic) bond motifs is 6. The molecule has 0 radical (unpaired) electrons. The first-order chi connectivity index (χ1) is 24.0. The van der Waals surface area contributed by atoms with Gasteiger partial charge in [0.15, 0.2) is 0 Å². The predicted molar refractivity (Wildman–Crippen MR) is 227 cm³/mol. The lowest BCUT2D eigenvalue weighted by Gasteiger charge is -2.31. The average molecular weight is 816 g/mol. The standard InChI is InChI=1S/C16H18S2.C14H12S2.C12H9BrS2/c1-3-11(2)12-8-9-15-16(10-12)18-14-7-5-4-6-13(14)17-15;1-2-10-7-8-13-14(9-10)16-12-6-4-3-5-11(12)15-13;13-8-5-6-11-12(7-8)15-10-4-2-1-3-9(10)14-11/h4-11,15-16H,3H2,1-2H3;2-9,13-14H,1H2;1-7,11-12H. The molecule has 0 amide bonds. The average Bonchev–Trinajstić information content (AvgIpc) is 3.15. The second-order valence-electron chi connectivity index (χ2n) is 12.3. The molecule has 9 rings (SSSR count). The van der Waals surface area contributed by atoms with E-state index >= 15 is 0 Å². The Morgan fingerprint density at radius 2 is 0.959 bits per heavy atom. The summed E-state index contributed by atoms with van der Waals surface area (Å²) in [7, 11) is 0. The van der Waals surface area contributed by atoms with Crippen molar-refractivity contribution in [1.29, 1.82) is 0 Å². The zero-order valence-corrected chi connectivity index (χ0v) is 34.0. The van der Waals surface area contributed by atoms with Crippen molar-refractivity contribution in [3.05, 3.63) is 156 Å². The van der Waals surface area contributed by atoms with Crippen LogP contribution < -0.4 is 0 Å². The Kier molecular flexibility index (Phi) is 12.3. The molecule has 0 bridgehead atoms. The molecule has 0 nitrogen and oxygen atoms in total. The van der Waals surface area contributed by atoms with Gasteiger partial charge >= 0.3 is 0 Å². The van der Waals surface area contributed by atoms with Gasteiger partial charge in [-0.2, -0.15) is 0 Å². The largest absolute Gasteiger partial charge is 0.116 e. The van der Waals surface area contributed by atoms with Crippen molar-refractivity contribution in [3.63, 3.8) is 0 Å². The Balaban J connectivity index is 0.000000116. The highest BCUT2D eigenvalue weighted by molar-refractivity contribution is 9.11. The Morgan fingerprint density at radius 3 is 1.41 bits per heavy atom. The maximum absolute atomic E-state index is 3.83. The fraction of sp³-hybridized carbons (Fsp3) is 0.238. The summed E-state index contributed by atoms with van der Waals surface area (Å²) in [4.78, 5) is 8.53. The smallest absolute Gasteiger partial charge is 0.0446 e. The van der Waals surface area contributed by atoms with Gasteiger partial charge in [0.1, 0.15) is 0 Å². The number of benzene rings is 3. The minimum absolute atomic E-state index is 0.554. The molecule has 0 aromatic heterocycles. The van der Waals surface area contributed by atoms with Crippen LogP contribution in [0.5, 0.6) is 0 Å². The van der Waals surface area contributed by atoms with Crippen LogP contribution in [-0.4, -0.2) is 31.5 Å². The highest BCUT2D eigenvalue weighted by atomic mass is 79.9. The lowest BCUT2D eigenvalue weighted by atomic mass is 9.93. The Bertz CT molecular complexity index is 1870. The van der Waals surface area contributed by atoms with Crippen LogP contribution in [0.3, 0.4) is 0 Å². The van der Waals surface area contributed by atoms with Crippen LogP contribution in [0.15, 0.2) is 185 Å². The van der Waals surface area contributed by atoms with Crippen LogP contribution in [0.1, 0.15) is 20.3 Å². The Hall–Kier alpha value is -1.58. The van der Waals surface area contributed by atoms with E-state index < -0.39 is 0 Å². The molecular formula is C42H39BrS6. The first-order valence-corrected chi connectivity index (χ1v) is 22.8. The first-order valence-electron chi connectivity index (χ1n) is 16.7. The molecule has 3 aromatic rings. The number of allylic oxidation sites excluding steroid dienone is 7. The van der Waals surface area contributed by atoms with Gasteiger partial charge in [0.2, 0.25) is 0 Å². The van der Waals surface area contributed by atoms with E-state index in [-0.39, 0.29) is 0 Å². The van der Waals surface area contributed by atoms with Crippen molar-refractivity contribution in [3.8, 4) is 0 Å². The topological polar surface area (TPSA) is 0 Å². The molecule has 0 saturated heterocycles. The summed E-state index contributed by atoms with van der Waals surface area (Å²) in [5.41, 5.74) is 2.76. The van der Waals surface area contributed by atoms with Crippen LogP contribution in [-0.2, 0) is 0 Å². The lowest BCUT2D eigenvalue weighted by molar-refractivity contribution is 0.663. The highest BCUT2D eigenvalue weighted by Crippen LogP contribution is 2.50. The quantitative estimate of drug-likeness (QED) is 0.256. The fourth-order valence-corrected chi connectivity index (χ4v) is 14.8. The zero-order valence-electron chi connectivity index (χ0n) is 27.5. The van der Waals surface area contributed by atoms with Gasteiger partial charge < -0.3 is 0 Å². The van der Waals surface area contributed by atoms with E-state index in [1.54, 1.807) is 0 Å². The van der Waals surface area contributed by atoms with E-state index in [2.05, 4.69) is 164 Å². The molecule has 3 aromatic carbocycles. The molecule has 0 spiro atoms. The van der Waals surface area contributed by atoms with Gasteiger partial charge in [0, 0.05) is 65.4 Å². The molecule has 6 aliphatic rings. The molecule has 0 fully saturated rings. The number of hydrogen-bond donors (Lipinski definition) is 0. The van der Waals surface area contributed by atoms with Gasteiger partial charge in [-0.25, -0.2) is 0 Å². The van der Waals surface area contributed by atoms with Crippen LogP contribution in [0, 0.1) is 5.92 Å². The molecule has 49 heavy (non-hydrogen) atoms. The third-order valence-corrected chi connectivity index (χ3v) is 18.3. The van der Waals surface area contributed by atoms with Gasteiger partial charge in [-0.1, -0.05) is 134 Å². The Labute approximate surface area is 326 Å². The van der Waals surface area contributed by atoms with Gasteiger partial charge in [-0.3, -0.25) is 0 Å². The van der Waals surface area contributed by atoms with Crippen molar-refractivity contribution in [2.24, 2.45) is 5.92 Å². The summed E-state index contributed by atoms with van der Waals surface area (Å²) in [6.07, 6.45) is 23.9. The van der Waals surface area contributed by atoms with Gasteiger partial charge in [0.05, 0.1) is 0 Å². The SMILES string of the molecule is BrC1=CC2Sc3ccccc3SC2C=C1.C=CC1=CC2Sc3ccccc3SC2C=C1.CCC(C)C1=CC2Sc3ccccc3SC2C=C1. The zero-order chi connectivity index (χ0) is 33.7. The molecule has 0 saturated carbocycles. The van der Waals surface area contributed by atoms with Crippen LogP contribution >= 0.6 is 86.5 Å². The van der Waals surface area contributed by atoms with Crippen molar-refractivity contribution >= 4 is 86.5 Å². The summed E-state index contributed by atoms with van der Waals surface area (Å²) < 4.78 is 1.20. The minimum Gasteiger partial charge on any atom is -0.116 e. The molecule has 7 atom stereocenters. The normalized spacial score (nSPS) is 27.2. The predicted octanol–water partition coefficient (Wildman–Crippen LogP) is 13.9. The third-order valence-electron chi connectivity index (χ3n) is 8.95. The van der Waals surface area contributed by atoms with E-state index in [4.69, 9.17) is 0 Å². The van der Waals surface area contributed by atoms with Crippen molar-refractivity contribution in [1.82, 2.24) is 0 Å². The van der Waals surface area contributed by atoms with Gasteiger partial charge in [-0.15, -0.1) is 70.6 Å². The molecular weight excluding hydrogens is 777 g/mol. The van der Waals surface area contributed by atoms with Gasteiger partial charge in [-0.05, 0) is 59.9 Å². The van der Waals surface area contributed by atoms with E-state index in [9.17, 15) is 0 Å². The second kappa shape index (κ2) is 16.8. The number of halogens is 1. The van der Waals surface area contributed by atoms with E-state index in [1.165, 1.54) is 51.4 Å². The maximum atomic E-state index is 3.83. The monoisotopic (exact) mass is 814 g/mol. The lowest BCUT2D eigenvalue weighted by Crippen LogP contribution is -2.23. The molecule has 250 valence electrons. The summed E-state index contributed by atoms with van der Waals surface area (Å²) >= 11 is 15.4. The van der Waals surface area contributed by atoms with Crippen molar-refractivity contribution in [2.45, 2.75) is 81.1 Å². The molecule has 0 N–H and O–H groups in total. The van der Waals surface area contributed by atoms with E-state index in [1.807, 2.05) is 76.6 Å². The number of rotatable bonds is 3. The molecule has 3 heterocycles. The van der Waals surface area contributed by atoms with Crippen molar-refractivity contribution < 1.29 is 0 Å². The van der Waals surface area contributed by atoms with Gasteiger partial charge in [0.25, 0.3) is 0 Å². The molecule has 7 unspecified atom stereocenters. The number of hydrogen-bond acceptors (Lipinski definition) is 6. The van der Waals surface area contributed by atoms with E-state index in [0.717, 1.165) is 0 Å². The summed E-state index contributed by atoms with van der Waals surface area (Å²) in [5, 5.41) is 3.51. The summed E-state index contributed by atoms with van der Waals surface area (Å²) in [6, 6.07) is 26.1. The second-order valence-corrected chi connectivity index (χ2v) is 20.5. The van der Waals surface area contributed by atoms with Crippen LogP contribution in [0.25, 0.3) is 0 Å². The van der Waals surface area contributed by atoms with Crippen LogP contribution in [0.2, 0.25) is 0 Å². The third kappa shape index (κ3) is 8.73. The fourth-order valence-electron chi connectivity index (χ4n) is 6.05. The van der Waals surface area contributed by atoms with Crippen molar-refractivity contribution in [2.75, 3.05) is 0 Å². The number of thioether (sulfide) groups is 6. The van der Waals surface area contributed by atoms with Crippen LogP contribution in [0.4, 0.5) is 0 Å². The summed E-state index contributed by atoms with van der Waals surface area (Å²) in [5.74, 6) is 0.685.